The molecule has 1 aliphatic rings. The lowest BCUT2D eigenvalue weighted by Crippen LogP contribution is -1.71. The van der Waals surface area contributed by atoms with E-state index < -0.39 is 0 Å². The van der Waals surface area contributed by atoms with Crippen molar-refractivity contribution in [2.75, 3.05) is 0 Å². The van der Waals surface area contributed by atoms with Gasteiger partial charge in [0.2, 0.25) is 0 Å². The Labute approximate surface area is 50.2 Å². The van der Waals surface area contributed by atoms with Crippen molar-refractivity contribution in [3.8, 4) is 0 Å². The lowest BCUT2D eigenvalue weighted by molar-refractivity contribution is 0.760. The second-order valence-electron chi connectivity index (χ2n) is 1.98. The third kappa shape index (κ3) is 1.84. The van der Waals surface area contributed by atoms with Crippen molar-refractivity contribution in [3.05, 3.63) is 23.6 Å². The molecule has 0 aromatic carbocycles. The van der Waals surface area contributed by atoms with Crippen LogP contribution < -0.4 is 0 Å². The number of rotatable bonds is 0. The van der Waals surface area contributed by atoms with Crippen molar-refractivity contribution >= 4 is 0 Å². The highest BCUT2D eigenvalue weighted by Crippen LogP contribution is 2.01. The van der Waals surface area contributed by atoms with Crippen molar-refractivity contribution in [3.63, 3.8) is 0 Å². The average molecular weight is 106 g/mol. The Hall–Kier alpha value is -0.700. The zero-order chi connectivity index (χ0) is 5.66. The van der Waals surface area contributed by atoms with Crippen molar-refractivity contribution in [2.24, 2.45) is 0 Å². The predicted octanol–water partition coefficient (Wildman–Crippen LogP) is 2.43. The standard InChI is InChI=1S/C8H10/c1-2-4-6-8-7-5-3-1/h1,7H,2,4,6,8H2. The molecule has 0 saturated carbocycles. The second kappa shape index (κ2) is 3.32. The van der Waals surface area contributed by atoms with Crippen LogP contribution in [0.5, 0.6) is 0 Å². The topological polar surface area (TPSA) is 0 Å². The molecule has 0 unspecified atom stereocenters. The van der Waals surface area contributed by atoms with Crippen LogP contribution in [0.15, 0.2) is 23.6 Å². The first-order chi connectivity index (χ1) is 4.00. The maximum absolute atomic E-state index is 2.96. The second-order valence-corrected chi connectivity index (χ2v) is 1.98. The van der Waals surface area contributed by atoms with Gasteiger partial charge in [0.05, 0.1) is 0 Å². The summed E-state index contributed by atoms with van der Waals surface area (Å²) in [6.07, 6.45) is 9.09. The maximum Gasteiger partial charge on any atom is -0.0268 e. The van der Waals surface area contributed by atoms with E-state index >= 15 is 0 Å². The Balaban J connectivity index is 2.59. The van der Waals surface area contributed by atoms with Crippen LogP contribution in [0.2, 0.25) is 0 Å². The van der Waals surface area contributed by atoms with Gasteiger partial charge in [-0.15, -0.1) is 0 Å². The van der Waals surface area contributed by atoms with Crippen molar-refractivity contribution in [1.29, 1.82) is 0 Å². The fourth-order valence-corrected chi connectivity index (χ4v) is 0.755. The molecular weight excluding hydrogens is 96.1 g/mol. The first-order valence-electron chi connectivity index (χ1n) is 3.14. The van der Waals surface area contributed by atoms with E-state index in [9.17, 15) is 0 Å². The van der Waals surface area contributed by atoms with Crippen molar-refractivity contribution in [1.82, 2.24) is 0 Å². The van der Waals surface area contributed by atoms with Crippen molar-refractivity contribution < 1.29 is 0 Å². The highest BCUT2D eigenvalue weighted by Gasteiger charge is 1.82. The van der Waals surface area contributed by atoms with Gasteiger partial charge in [-0.2, -0.15) is 0 Å². The minimum Gasteiger partial charge on any atom is -0.0750 e. The Kier molecular flexibility index (Phi) is 2.26. The molecule has 0 heterocycles. The molecule has 0 atom stereocenters. The fourth-order valence-electron chi connectivity index (χ4n) is 0.755. The van der Waals surface area contributed by atoms with Gasteiger partial charge in [-0.25, -0.2) is 0 Å². The SMILES string of the molecule is C1=C=CCCCCC=1. The van der Waals surface area contributed by atoms with Crippen LogP contribution in [0, 0.1) is 0 Å². The molecule has 8 heavy (non-hydrogen) atoms. The Morgan fingerprint density at radius 3 is 1.88 bits per heavy atom. The Morgan fingerprint density at radius 1 is 0.875 bits per heavy atom. The van der Waals surface area contributed by atoms with E-state index in [4.69, 9.17) is 0 Å². The maximum atomic E-state index is 2.96. The molecule has 0 nitrogen and oxygen atoms in total. The Morgan fingerprint density at radius 2 is 1.38 bits per heavy atom. The highest BCUT2D eigenvalue weighted by molar-refractivity contribution is 4.88. The van der Waals surface area contributed by atoms with E-state index in [-0.39, 0.29) is 0 Å². The minimum atomic E-state index is 1.18. The van der Waals surface area contributed by atoms with E-state index in [1.54, 1.807) is 0 Å². The van der Waals surface area contributed by atoms with E-state index in [0.29, 0.717) is 0 Å². The van der Waals surface area contributed by atoms with E-state index in [0.717, 1.165) is 0 Å². The van der Waals surface area contributed by atoms with Gasteiger partial charge in [0.1, 0.15) is 0 Å². The van der Waals surface area contributed by atoms with Crippen LogP contribution in [0.25, 0.3) is 0 Å². The minimum absolute atomic E-state index is 1.18. The summed E-state index contributed by atoms with van der Waals surface area (Å²) in [5.41, 5.74) is 5.91. The van der Waals surface area contributed by atoms with Crippen molar-refractivity contribution in [2.45, 2.75) is 25.7 Å². The molecule has 0 aliphatic heterocycles. The molecule has 0 heteroatoms. The molecule has 0 saturated heterocycles. The van der Waals surface area contributed by atoms with Crippen LogP contribution in [0.1, 0.15) is 25.7 Å². The van der Waals surface area contributed by atoms with Gasteiger partial charge in [-0.05, 0) is 37.8 Å². The van der Waals surface area contributed by atoms with Crippen LogP contribution in [-0.4, -0.2) is 0 Å². The van der Waals surface area contributed by atoms with Gasteiger partial charge < -0.3 is 0 Å². The van der Waals surface area contributed by atoms with Crippen LogP contribution >= 0.6 is 0 Å². The summed E-state index contributed by atoms with van der Waals surface area (Å²) in [6.45, 7) is 0. The molecule has 0 radical (unpaired) electrons. The van der Waals surface area contributed by atoms with E-state index in [1.807, 2.05) is 0 Å². The quantitative estimate of drug-likeness (QED) is 0.416. The lowest BCUT2D eigenvalue weighted by atomic mass is 10.2. The van der Waals surface area contributed by atoms with Crippen LogP contribution in [-0.2, 0) is 0 Å². The third-order valence-electron chi connectivity index (χ3n) is 1.23. The molecule has 1 aliphatic carbocycles. The number of hydrogen-bond donors (Lipinski definition) is 0. The normalized spacial score (nSPS) is 18.0. The van der Waals surface area contributed by atoms with Gasteiger partial charge in [0.15, 0.2) is 0 Å². The molecule has 0 spiro atoms. The molecule has 0 aromatic rings. The summed E-state index contributed by atoms with van der Waals surface area (Å²) >= 11 is 0. The van der Waals surface area contributed by atoms with E-state index in [1.165, 1.54) is 25.7 Å². The van der Waals surface area contributed by atoms with Gasteiger partial charge in [0, 0.05) is 0 Å². The molecule has 0 aromatic heterocycles. The van der Waals surface area contributed by atoms with Gasteiger partial charge in [0.25, 0.3) is 0 Å². The smallest absolute Gasteiger partial charge is 0.0268 e. The molecular formula is C8H10. The highest BCUT2D eigenvalue weighted by atomic mass is 13.9. The van der Waals surface area contributed by atoms with Gasteiger partial charge >= 0.3 is 0 Å². The first kappa shape index (κ1) is 5.44. The molecule has 0 fully saturated rings. The summed E-state index contributed by atoms with van der Waals surface area (Å²) in [7, 11) is 0. The monoisotopic (exact) mass is 106 g/mol. The summed E-state index contributed by atoms with van der Waals surface area (Å²) in [6, 6.07) is 0. The summed E-state index contributed by atoms with van der Waals surface area (Å²) < 4.78 is 0. The van der Waals surface area contributed by atoms with Crippen LogP contribution in [0.3, 0.4) is 0 Å². The summed E-state index contributed by atoms with van der Waals surface area (Å²) in [5, 5.41) is 0. The first-order valence-corrected chi connectivity index (χ1v) is 3.14. The third-order valence-corrected chi connectivity index (χ3v) is 1.23. The van der Waals surface area contributed by atoms with Gasteiger partial charge in [-0.1, -0.05) is 11.5 Å². The molecule has 0 N–H and O–H groups in total. The lowest BCUT2D eigenvalue weighted by Gasteiger charge is -1.90. The fraction of sp³-hybridized carbons (Fsp3) is 0.500. The predicted molar refractivity (Wildman–Crippen MR) is 34.6 cm³/mol. The summed E-state index contributed by atoms with van der Waals surface area (Å²) in [4.78, 5) is 0. The molecule has 0 amide bonds. The molecule has 42 valence electrons. The summed E-state index contributed by atoms with van der Waals surface area (Å²) in [5.74, 6) is 0. The molecule has 1 rings (SSSR count). The largest absolute Gasteiger partial charge is 0.0750 e. The molecule has 0 bridgehead atoms. The zero-order valence-corrected chi connectivity index (χ0v) is 4.98. The number of hydrogen-bond acceptors (Lipinski definition) is 0. The zero-order valence-electron chi connectivity index (χ0n) is 4.98. The van der Waals surface area contributed by atoms with Gasteiger partial charge in [-0.3, -0.25) is 0 Å². The Bertz CT molecular complexity index is 123. The average Bonchev–Trinajstić information content (AvgIpc) is 1.62. The van der Waals surface area contributed by atoms with E-state index in [2.05, 4.69) is 23.6 Å². The van der Waals surface area contributed by atoms with Crippen LogP contribution in [0.4, 0.5) is 0 Å². The number of allylic oxidation sites excluding steroid dienone is 2.